The Morgan fingerprint density at radius 1 is 1.25 bits per heavy atom. The molecule has 9 heteroatoms. The monoisotopic (exact) mass is 462 g/mol. The Bertz CT molecular complexity index is 1220. The summed E-state index contributed by atoms with van der Waals surface area (Å²) in [6.45, 7) is 3.99. The van der Waals surface area contributed by atoms with Crippen LogP contribution < -0.4 is 5.32 Å². The summed E-state index contributed by atoms with van der Waals surface area (Å²) in [5.41, 5.74) is 3.66. The van der Waals surface area contributed by atoms with Crippen molar-refractivity contribution in [2.75, 3.05) is 5.32 Å². The number of thiazole rings is 2. The second-order valence-corrected chi connectivity index (χ2v) is 10.2. The second-order valence-electron chi connectivity index (χ2n) is 8.18. The summed E-state index contributed by atoms with van der Waals surface area (Å²) in [4.78, 5) is 29.8. The molecule has 0 radical (unpaired) electrons. The predicted octanol–water partition coefficient (Wildman–Crippen LogP) is 5.24. The Balaban J connectivity index is 1.27. The van der Waals surface area contributed by atoms with Crippen molar-refractivity contribution in [1.82, 2.24) is 19.9 Å². The molecule has 0 unspecified atom stereocenters. The molecule has 3 aromatic rings. The number of hydrogen-bond acceptors (Lipinski definition) is 8. The van der Waals surface area contributed by atoms with E-state index in [2.05, 4.69) is 26.3 Å². The number of amides is 1. The third kappa shape index (κ3) is 3.92. The van der Waals surface area contributed by atoms with Gasteiger partial charge in [-0.25, -0.2) is 15.0 Å². The quantitative estimate of drug-likeness (QED) is 0.533. The number of hydrogen-bond donors (Lipinski definition) is 1. The fourth-order valence-corrected chi connectivity index (χ4v) is 6.31. The number of pyridine rings is 1. The third-order valence-electron chi connectivity index (χ3n) is 6.00. The van der Waals surface area contributed by atoms with Gasteiger partial charge in [0.2, 0.25) is 0 Å². The molecule has 162 valence electrons. The molecular weight excluding hydrogens is 440 g/mol. The molecule has 2 bridgehead atoms. The van der Waals surface area contributed by atoms with E-state index >= 15 is 0 Å². The highest BCUT2D eigenvalue weighted by Gasteiger charge is 2.41. The van der Waals surface area contributed by atoms with Crippen molar-refractivity contribution >= 4 is 39.5 Å². The van der Waals surface area contributed by atoms with E-state index in [4.69, 9.17) is 5.26 Å². The number of carbonyl (C=O) groups excluding carboxylic acids is 1. The summed E-state index contributed by atoms with van der Waals surface area (Å²) < 4.78 is 0. The largest absolute Gasteiger partial charge is 0.332 e. The average molecular weight is 463 g/mol. The summed E-state index contributed by atoms with van der Waals surface area (Å²) in [6, 6.07) is 6.15. The van der Waals surface area contributed by atoms with E-state index in [9.17, 15) is 4.79 Å². The molecule has 2 atom stereocenters. The standard InChI is InChI=1S/C23H22N6OS2/c1-13-21(32-14(2)26-13)19-12-31-23(27-19)28-20-6-3-16(11-25-20)22(30)29-17-4-5-18(29)10-15(9-17)7-8-24/h3,6-7,11-12,17-18H,4-5,9-10H2,1-2H3,(H,25,27,28)/b15-7-/t17-,18+/m0/s1. The number of aromatic nitrogens is 3. The smallest absolute Gasteiger partial charge is 0.255 e. The van der Waals surface area contributed by atoms with Crippen LogP contribution in [0.15, 0.2) is 35.4 Å². The highest BCUT2D eigenvalue weighted by atomic mass is 32.1. The van der Waals surface area contributed by atoms with Crippen LogP contribution in [0.3, 0.4) is 0 Å². The fraction of sp³-hybridized carbons (Fsp3) is 0.348. The summed E-state index contributed by atoms with van der Waals surface area (Å²) in [5.74, 6) is 0.681. The molecule has 0 aliphatic carbocycles. The zero-order chi connectivity index (χ0) is 22.2. The van der Waals surface area contributed by atoms with Gasteiger partial charge in [-0.15, -0.1) is 22.7 Å². The van der Waals surface area contributed by atoms with Gasteiger partial charge in [-0.2, -0.15) is 5.26 Å². The number of rotatable bonds is 4. The van der Waals surface area contributed by atoms with Crippen molar-refractivity contribution in [1.29, 1.82) is 5.26 Å². The predicted molar refractivity (Wildman–Crippen MR) is 126 cm³/mol. The second kappa shape index (κ2) is 8.45. The number of nitriles is 1. The van der Waals surface area contributed by atoms with Gasteiger partial charge in [-0.3, -0.25) is 4.79 Å². The van der Waals surface area contributed by atoms with Gasteiger partial charge in [0.05, 0.1) is 32.9 Å². The molecule has 32 heavy (non-hydrogen) atoms. The topological polar surface area (TPSA) is 94.8 Å². The lowest BCUT2D eigenvalue weighted by Gasteiger charge is -2.36. The molecule has 2 saturated heterocycles. The molecule has 1 amide bonds. The number of piperidine rings is 1. The first-order valence-corrected chi connectivity index (χ1v) is 12.2. The molecule has 3 aromatic heterocycles. The van der Waals surface area contributed by atoms with Crippen LogP contribution >= 0.6 is 22.7 Å². The minimum absolute atomic E-state index is 0.0279. The minimum Gasteiger partial charge on any atom is -0.332 e. The van der Waals surface area contributed by atoms with E-state index in [-0.39, 0.29) is 18.0 Å². The van der Waals surface area contributed by atoms with Crippen LogP contribution in [0.1, 0.15) is 46.7 Å². The fourth-order valence-electron chi connectivity index (χ4n) is 4.65. The lowest BCUT2D eigenvalue weighted by atomic mass is 9.96. The Morgan fingerprint density at radius 2 is 2.03 bits per heavy atom. The maximum atomic E-state index is 13.2. The van der Waals surface area contributed by atoms with E-state index in [0.29, 0.717) is 11.4 Å². The Hall–Kier alpha value is -3.09. The van der Waals surface area contributed by atoms with Gasteiger partial charge < -0.3 is 10.2 Å². The molecule has 2 fully saturated rings. The molecule has 5 rings (SSSR count). The van der Waals surface area contributed by atoms with Crippen LogP contribution in [-0.4, -0.2) is 37.8 Å². The normalized spacial score (nSPS) is 21.0. The van der Waals surface area contributed by atoms with Crippen molar-refractivity contribution in [3.63, 3.8) is 0 Å². The maximum absolute atomic E-state index is 13.2. The molecule has 0 aromatic carbocycles. The van der Waals surface area contributed by atoms with Crippen LogP contribution in [-0.2, 0) is 0 Å². The van der Waals surface area contributed by atoms with E-state index in [1.165, 1.54) is 11.3 Å². The highest BCUT2D eigenvalue weighted by Crippen LogP contribution is 2.39. The van der Waals surface area contributed by atoms with Crippen molar-refractivity contribution in [2.45, 2.75) is 51.6 Å². The molecule has 2 aliphatic heterocycles. The van der Waals surface area contributed by atoms with Crippen molar-refractivity contribution < 1.29 is 4.79 Å². The number of allylic oxidation sites excluding steroid dienone is 1. The number of fused-ring (bicyclic) bond motifs is 2. The lowest BCUT2D eigenvalue weighted by molar-refractivity contribution is 0.0634. The van der Waals surface area contributed by atoms with Gasteiger partial charge in [-0.1, -0.05) is 5.57 Å². The zero-order valence-corrected chi connectivity index (χ0v) is 19.5. The van der Waals surface area contributed by atoms with Gasteiger partial charge in [-0.05, 0) is 51.7 Å². The molecule has 1 N–H and O–H groups in total. The summed E-state index contributed by atoms with van der Waals surface area (Å²) >= 11 is 3.16. The SMILES string of the molecule is Cc1nc(C)c(-c2csc(Nc3ccc(C(=O)N4[C@@H]5CC[C@H]4C/C(=C/C#N)C5)cn3)n2)s1. The van der Waals surface area contributed by atoms with Crippen LogP contribution in [0.4, 0.5) is 10.9 Å². The number of nitrogens with one attached hydrogen (secondary N) is 1. The average Bonchev–Trinajstić information content (AvgIpc) is 3.44. The molecule has 5 heterocycles. The first-order chi connectivity index (χ1) is 15.5. The molecule has 2 aliphatic rings. The van der Waals surface area contributed by atoms with E-state index in [1.807, 2.05) is 36.3 Å². The molecule has 0 saturated carbocycles. The summed E-state index contributed by atoms with van der Waals surface area (Å²) in [6.07, 6.45) is 6.88. The Labute approximate surface area is 194 Å². The van der Waals surface area contributed by atoms with Crippen LogP contribution in [0.2, 0.25) is 0 Å². The van der Waals surface area contributed by atoms with Crippen LogP contribution in [0.25, 0.3) is 10.6 Å². The van der Waals surface area contributed by atoms with E-state index in [0.717, 1.165) is 57.7 Å². The maximum Gasteiger partial charge on any atom is 0.255 e. The van der Waals surface area contributed by atoms with Crippen molar-refractivity contribution in [3.05, 3.63) is 51.6 Å². The number of carbonyl (C=O) groups is 1. The molecule has 0 spiro atoms. The first kappa shape index (κ1) is 20.8. The summed E-state index contributed by atoms with van der Waals surface area (Å²) in [7, 11) is 0. The number of nitrogens with zero attached hydrogens (tertiary/aromatic N) is 5. The van der Waals surface area contributed by atoms with Gasteiger partial charge >= 0.3 is 0 Å². The number of aryl methyl sites for hydroxylation is 2. The van der Waals surface area contributed by atoms with Gasteiger partial charge in [0.25, 0.3) is 5.91 Å². The highest BCUT2D eigenvalue weighted by molar-refractivity contribution is 7.16. The molecule has 7 nitrogen and oxygen atoms in total. The van der Waals surface area contributed by atoms with Crippen molar-refractivity contribution in [2.24, 2.45) is 0 Å². The Morgan fingerprint density at radius 3 is 2.66 bits per heavy atom. The van der Waals surface area contributed by atoms with E-state index < -0.39 is 0 Å². The minimum atomic E-state index is 0.0279. The van der Waals surface area contributed by atoms with E-state index in [1.54, 1.807) is 23.6 Å². The first-order valence-electron chi connectivity index (χ1n) is 10.5. The van der Waals surface area contributed by atoms with Gasteiger partial charge in [0, 0.05) is 29.7 Å². The Kier molecular flexibility index (Phi) is 5.49. The number of anilines is 2. The van der Waals surface area contributed by atoms with Gasteiger partial charge in [0.1, 0.15) is 5.82 Å². The lowest BCUT2D eigenvalue weighted by Crippen LogP contribution is -2.44. The van der Waals surface area contributed by atoms with Crippen LogP contribution in [0, 0.1) is 25.2 Å². The zero-order valence-electron chi connectivity index (χ0n) is 17.8. The third-order valence-corrected chi connectivity index (χ3v) is 7.86. The van der Waals surface area contributed by atoms with Crippen LogP contribution in [0.5, 0.6) is 0 Å². The molecular formula is C23H22N6OS2. The van der Waals surface area contributed by atoms with Gasteiger partial charge in [0.15, 0.2) is 5.13 Å². The summed E-state index contributed by atoms with van der Waals surface area (Å²) in [5, 5.41) is 16.0. The van der Waals surface area contributed by atoms with Crippen molar-refractivity contribution in [3.8, 4) is 16.6 Å².